The van der Waals surface area contributed by atoms with Gasteiger partial charge in [0.2, 0.25) is 0 Å². The number of anilines is 1. The van der Waals surface area contributed by atoms with E-state index in [4.69, 9.17) is 5.73 Å². The van der Waals surface area contributed by atoms with Gasteiger partial charge in [0.05, 0.1) is 11.9 Å². The molecule has 1 heterocycles. The van der Waals surface area contributed by atoms with Gasteiger partial charge in [-0.2, -0.15) is 5.10 Å². The Balaban J connectivity index is 1.75. The molecule has 2 aliphatic carbocycles. The maximum Gasteiger partial charge on any atom is 0.283 e. The maximum absolute atomic E-state index is 12.3. The van der Waals surface area contributed by atoms with Crippen molar-refractivity contribution in [1.82, 2.24) is 9.78 Å². The van der Waals surface area contributed by atoms with Crippen molar-refractivity contribution >= 4 is 21.6 Å². The second-order valence-corrected chi connectivity index (χ2v) is 6.80. The number of halogens is 1. The number of nitrogens with one attached hydrogen (secondary N) is 1. The van der Waals surface area contributed by atoms with Crippen molar-refractivity contribution in [2.75, 3.05) is 5.32 Å². The van der Waals surface area contributed by atoms with E-state index in [2.05, 4.69) is 26.3 Å². The van der Waals surface area contributed by atoms with Crippen molar-refractivity contribution in [3.63, 3.8) is 0 Å². The van der Waals surface area contributed by atoms with Crippen LogP contribution in [0.2, 0.25) is 0 Å². The topological polar surface area (TPSA) is 72.9 Å². The van der Waals surface area contributed by atoms with Gasteiger partial charge in [0.15, 0.2) is 0 Å². The van der Waals surface area contributed by atoms with Gasteiger partial charge in [-0.1, -0.05) is 12.8 Å². The van der Waals surface area contributed by atoms with Gasteiger partial charge in [-0.3, -0.25) is 4.79 Å². The molecule has 6 heteroatoms. The van der Waals surface area contributed by atoms with Gasteiger partial charge in [0, 0.05) is 18.6 Å². The molecular weight excluding hydrogens is 320 g/mol. The summed E-state index contributed by atoms with van der Waals surface area (Å²) in [5.74, 6) is 0.637. The first kappa shape index (κ1) is 14.1. The Hall–Kier alpha value is -0.880. The fourth-order valence-corrected chi connectivity index (χ4v) is 3.20. The third-order valence-corrected chi connectivity index (χ3v) is 5.04. The highest BCUT2D eigenvalue weighted by molar-refractivity contribution is 9.10. The van der Waals surface area contributed by atoms with Crippen LogP contribution < -0.4 is 16.6 Å². The quantitative estimate of drug-likeness (QED) is 0.880. The summed E-state index contributed by atoms with van der Waals surface area (Å²) in [6.45, 7) is 0.737. The Kier molecular flexibility index (Phi) is 4.12. The molecule has 2 aliphatic rings. The highest BCUT2D eigenvalue weighted by Gasteiger charge is 2.25. The van der Waals surface area contributed by atoms with E-state index in [0.717, 1.165) is 25.1 Å². The number of aromatic nitrogens is 2. The van der Waals surface area contributed by atoms with E-state index < -0.39 is 0 Å². The molecule has 0 amide bonds. The van der Waals surface area contributed by atoms with Crippen LogP contribution in [0.25, 0.3) is 0 Å². The molecule has 0 unspecified atom stereocenters. The van der Waals surface area contributed by atoms with E-state index in [-0.39, 0.29) is 17.6 Å². The Morgan fingerprint density at radius 1 is 1.35 bits per heavy atom. The number of nitrogens with zero attached hydrogens (tertiary/aromatic N) is 2. The van der Waals surface area contributed by atoms with E-state index >= 15 is 0 Å². The van der Waals surface area contributed by atoms with Crippen LogP contribution in [0.1, 0.15) is 38.5 Å². The summed E-state index contributed by atoms with van der Waals surface area (Å²) >= 11 is 3.41. The van der Waals surface area contributed by atoms with E-state index in [9.17, 15) is 4.79 Å². The van der Waals surface area contributed by atoms with E-state index in [0.29, 0.717) is 10.4 Å². The van der Waals surface area contributed by atoms with Crippen LogP contribution in [0.3, 0.4) is 0 Å². The minimum Gasteiger partial charge on any atom is -0.378 e. The zero-order chi connectivity index (χ0) is 14.1. The molecule has 0 bridgehead atoms. The molecule has 1 aromatic rings. The predicted molar refractivity (Wildman–Crippen MR) is 82.8 cm³/mol. The number of rotatable bonds is 4. The molecule has 1 aromatic heterocycles. The molecule has 2 fully saturated rings. The first-order chi connectivity index (χ1) is 9.65. The van der Waals surface area contributed by atoms with Gasteiger partial charge in [-0.15, -0.1) is 0 Å². The Bertz CT molecular complexity index is 540. The van der Waals surface area contributed by atoms with E-state index in [1.165, 1.54) is 25.7 Å². The molecule has 0 saturated heterocycles. The molecule has 2 atom stereocenters. The van der Waals surface area contributed by atoms with Crippen molar-refractivity contribution in [3.05, 3.63) is 21.0 Å². The van der Waals surface area contributed by atoms with Gasteiger partial charge >= 0.3 is 0 Å². The van der Waals surface area contributed by atoms with Crippen LogP contribution in [0.4, 0.5) is 5.69 Å². The molecule has 0 spiro atoms. The third kappa shape index (κ3) is 3.06. The average molecular weight is 341 g/mol. The summed E-state index contributed by atoms with van der Waals surface area (Å²) in [6.07, 6.45) is 8.65. The van der Waals surface area contributed by atoms with Crippen LogP contribution in [-0.2, 0) is 6.54 Å². The smallest absolute Gasteiger partial charge is 0.283 e. The average Bonchev–Trinajstić information content (AvgIpc) is 3.25. The molecule has 3 rings (SSSR count). The van der Waals surface area contributed by atoms with E-state index in [1.54, 1.807) is 10.9 Å². The number of nitrogens with two attached hydrogens (primary N) is 1. The Labute approximate surface area is 127 Å². The summed E-state index contributed by atoms with van der Waals surface area (Å²) in [4.78, 5) is 12.3. The lowest BCUT2D eigenvalue weighted by Gasteiger charge is -2.30. The van der Waals surface area contributed by atoms with Crippen molar-refractivity contribution in [3.8, 4) is 0 Å². The van der Waals surface area contributed by atoms with Crippen molar-refractivity contribution in [2.45, 2.75) is 57.2 Å². The standard InChI is InChI=1S/C14H21BrN4O/c15-13-12(18-11-4-2-1-3-10(11)16)7-17-19(14(13)20)8-9-5-6-9/h7,9-11,18H,1-6,8,16H2/t10-,11-/m1/s1. The van der Waals surface area contributed by atoms with E-state index in [1.807, 2.05) is 0 Å². The van der Waals surface area contributed by atoms with Crippen LogP contribution in [0, 0.1) is 5.92 Å². The summed E-state index contributed by atoms with van der Waals surface area (Å²) in [5.41, 5.74) is 6.86. The minimum atomic E-state index is -0.0497. The van der Waals surface area contributed by atoms with Gasteiger partial charge < -0.3 is 11.1 Å². The Morgan fingerprint density at radius 2 is 2.10 bits per heavy atom. The van der Waals surface area contributed by atoms with Crippen LogP contribution in [-0.4, -0.2) is 21.9 Å². The first-order valence-corrected chi connectivity index (χ1v) is 8.22. The molecule has 0 aliphatic heterocycles. The highest BCUT2D eigenvalue weighted by Crippen LogP contribution is 2.30. The van der Waals surface area contributed by atoms with Crippen LogP contribution in [0.15, 0.2) is 15.5 Å². The predicted octanol–water partition coefficient (Wildman–Crippen LogP) is 2.10. The minimum absolute atomic E-state index is 0.0497. The number of hydrogen-bond acceptors (Lipinski definition) is 4. The van der Waals surface area contributed by atoms with Crippen molar-refractivity contribution in [1.29, 1.82) is 0 Å². The number of hydrogen-bond donors (Lipinski definition) is 2. The maximum atomic E-state index is 12.3. The zero-order valence-corrected chi connectivity index (χ0v) is 13.1. The van der Waals surface area contributed by atoms with Crippen LogP contribution >= 0.6 is 15.9 Å². The molecule has 3 N–H and O–H groups in total. The van der Waals surface area contributed by atoms with Crippen LogP contribution in [0.5, 0.6) is 0 Å². The zero-order valence-electron chi connectivity index (χ0n) is 11.5. The molecule has 110 valence electrons. The van der Waals surface area contributed by atoms with Gasteiger partial charge in [0.1, 0.15) is 4.47 Å². The lowest BCUT2D eigenvalue weighted by atomic mass is 9.91. The first-order valence-electron chi connectivity index (χ1n) is 7.43. The second-order valence-electron chi connectivity index (χ2n) is 6.00. The summed E-state index contributed by atoms with van der Waals surface area (Å²) in [5, 5.41) is 7.67. The van der Waals surface area contributed by atoms with Gasteiger partial charge in [0.25, 0.3) is 5.56 Å². The van der Waals surface area contributed by atoms with Gasteiger partial charge in [-0.05, 0) is 47.5 Å². The summed E-state index contributed by atoms with van der Waals surface area (Å²) in [7, 11) is 0. The normalized spacial score (nSPS) is 26.5. The monoisotopic (exact) mass is 340 g/mol. The molecule has 2 saturated carbocycles. The largest absolute Gasteiger partial charge is 0.378 e. The SMILES string of the molecule is N[C@@H]1CCCC[C@H]1Nc1cnn(CC2CC2)c(=O)c1Br. The fraction of sp³-hybridized carbons (Fsp3) is 0.714. The molecule has 20 heavy (non-hydrogen) atoms. The molecule has 0 radical (unpaired) electrons. The van der Waals surface area contributed by atoms with Crippen molar-refractivity contribution in [2.24, 2.45) is 11.7 Å². The lowest BCUT2D eigenvalue weighted by molar-refractivity contribution is 0.403. The summed E-state index contributed by atoms with van der Waals surface area (Å²) < 4.78 is 2.14. The third-order valence-electron chi connectivity index (χ3n) is 4.27. The lowest BCUT2D eigenvalue weighted by Crippen LogP contribution is -2.43. The Morgan fingerprint density at radius 3 is 2.80 bits per heavy atom. The van der Waals surface area contributed by atoms with Crippen molar-refractivity contribution < 1.29 is 0 Å². The fourth-order valence-electron chi connectivity index (χ4n) is 2.78. The molecule has 5 nitrogen and oxygen atoms in total. The summed E-state index contributed by atoms with van der Waals surface area (Å²) in [6, 6.07) is 0.394. The second kappa shape index (κ2) is 5.85. The highest BCUT2D eigenvalue weighted by atomic mass is 79.9. The molecule has 0 aromatic carbocycles. The van der Waals surface area contributed by atoms with Gasteiger partial charge in [-0.25, -0.2) is 4.68 Å². The molecular formula is C14H21BrN4O.